The molecule has 0 radical (unpaired) electrons. The Kier molecular flexibility index (Phi) is 5.97. The highest BCUT2D eigenvalue weighted by molar-refractivity contribution is 6.35. The summed E-state index contributed by atoms with van der Waals surface area (Å²) in [6, 6.07) is 8.78. The summed E-state index contributed by atoms with van der Waals surface area (Å²) >= 11 is 12.2. The number of benzene rings is 2. The van der Waals surface area contributed by atoms with Crippen molar-refractivity contribution in [3.63, 3.8) is 0 Å². The van der Waals surface area contributed by atoms with Gasteiger partial charge in [0.25, 0.3) is 5.91 Å². The van der Waals surface area contributed by atoms with Crippen molar-refractivity contribution in [2.45, 2.75) is 25.3 Å². The molecule has 8 heteroatoms. The number of H-pyrrole nitrogens is 1. The molecule has 1 fully saturated rings. The molecule has 2 aromatic carbocycles. The van der Waals surface area contributed by atoms with Gasteiger partial charge in [-0.25, -0.2) is 4.39 Å². The predicted octanol–water partition coefficient (Wildman–Crippen LogP) is 4.58. The summed E-state index contributed by atoms with van der Waals surface area (Å²) in [5.41, 5.74) is 2.02. The number of rotatable bonds is 5. The zero-order chi connectivity index (χ0) is 21.3. The number of hydrogen-bond acceptors (Lipinski definition) is 2. The van der Waals surface area contributed by atoms with Gasteiger partial charge in [-0.1, -0.05) is 23.2 Å². The molecule has 3 aromatic rings. The number of likely N-dealkylation sites (tertiary alicyclic amines) is 1. The maximum absolute atomic E-state index is 13.3. The van der Waals surface area contributed by atoms with E-state index in [4.69, 9.17) is 23.2 Å². The van der Waals surface area contributed by atoms with Crippen LogP contribution in [0.3, 0.4) is 0 Å². The second-order valence-electron chi connectivity index (χ2n) is 7.33. The average Bonchev–Trinajstić information content (AvgIpc) is 3.36. The van der Waals surface area contributed by atoms with Crippen LogP contribution in [-0.2, 0) is 11.2 Å². The molecule has 1 atom stereocenters. The Hall–Kier alpha value is -2.57. The summed E-state index contributed by atoms with van der Waals surface area (Å²) in [5.74, 6) is -0.779. The molecular formula is C22H20Cl2FN3O2. The lowest BCUT2D eigenvalue weighted by Gasteiger charge is -2.24. The summed E-state index contributed by atoms with van der Waals surface area (Å²) in [7, 11) is 0. The largest absolute Gasteiger partial charge is 0.361 e. The first-order chi connectivity index (χ1) is 14.4. The van der Waals surface area contributed by atoms with Gasteiger partial charge in [0, 0.05) is 35.2 Å². The second kappa shape index (κ2) is 8.66. The molecule has 4 rings (SSSR count). The lowest BCUT2D eigenvalue weighted by molar-refractivity contribution is -0.124. The molecular weight excluding hydrogens is 428 g/mol. The van der Waals surface area contributed by atoms with Crippen molar-refractivity contribution in [2.75, 3.05) is 13.1 Å². The molecule has 1 aliphatic rings. The molecule has 30 heavy (non-hydrogen) atoms. The Balaban J connectivity index is 1.40. The van der Waals surface area contributed by atoms with Crippen molar-refractivity contribution in [1.29, 1.82) is 0 Å². The van der Waals surface area contributed by atoms with Gasteiger partial charge < -0.3 is 15.2 Å². The van der Waals surface area contributed by atoms with Gasteiger partial charge in [-0.3, -0.25) is 9.59 Å². The second-order valence-corrected chi connectivity index (χ2v) is 8.17. The first-order valence-corrected chi connectivity index (χ1v) is 10.5. The molecule has 2 N–H and O–H groups in total. The minimum atomic E-state index is -0.537. The van der Waals surface area contributed by atoms with E-state index in [0.717, 1.165) is 22.9 Å². The molecule has 2 heterocycles. The molecule has 1 aliphatic heterocycles. The lowest BCUT2D eigenvalue weighted by Crippen LogP contribution is -2.46. The van der Waals surface area contributed by atoms with Crippen molar-refractivity contribution < 1.29 is 14.0 Å². The van der Waals surface area contributed by atoms with Crippen molar-refractivity contribution >= 4 is 45.9 Å². The summed E-state index contributed by atoms with van der Waals surface area (Å²) in [6.07, 6.45) is 3.76. The van der Waals surface area contributed by atoms with Gasteiger partial charge in [0.15, 0.2) is 0 Å². The van der Waals surface area contributed by atoms with Gasteiger partial charge in [-0.2, -0.15) is 0 Å². The lowest BCUT2D eigenvalue weighted by atomic mass is 10.1. The highest BCUT2D eigenvalue weighted by Crippen LogP contribution is 2.26. The molecule has 0 aliphatic carbocycles. The van der Waals surface area contributed by atoms with E-state index < -0.39 is 6.04 Å². The number of aromatic amines is 1. The van der Waals surface area contributed by atoms with Crippen LogP contribution in [0.5, 0.6) is 0 Å². The normalized spacial score (nSPS) is 16.2. The van der Waals surface area contributed by atoms with Gasteiger partial charge in [0.05, 0.1) is 10.6 Å². The van der Waals surface area contributed by atoms with E-state index in [1.165, 1.54) is 18.2 Å². The average molecular weight is 448 g/mol. The summed E-state index contributed by atoms with van der Waals surface area (Å²) in [6.45, 7) is 0.910. The molecule has 1 aromatic heterocycles. The Morgan fingerprint density at radius 1 is 1.20 bits per heavy atom. The van der Waals surface area contributed by atoms with Gasteiger partial charge in [-0.15, -0.1) is 0 Å². The Labute approximate surface area is 183 Å². The SMILES string of the molecule is O=C(NCCc1c[nH]c2cc(F)ccc12)C1CCCN1C(=O)c1cc(Cl)ccc1Cl. The third-order valence-corrected chi connectivity index (χ3v) is 5.96. The number of nitrogens with zero attached hydrogens (tertiary/aromatic N) is 1. The smallest absolute Gasteiger partial charge is 0.256 e. The molecule has 0 bridgehead atoms. The Morgan fingerprint density at radius 2 is 2.03 bits per heavy atom. The van der Waals surface area contributed by atoms with E-state index in [9.17, 15) is 14.0 Å². The van der Waals surface area contributed by atoms with Crippen LogP contribution >= 0.6 is 23.2 Å². The zero-order valence-corrected chi connectivity index (χ0v) is 17.6. The highest BCUT2D eigenvalue weighted by atomic mass is 35.5. The fourth-order valence-corrected chi connectivity index (χ4v) is 4.27. The van der Waals surface area contributed by atoms with E-state index >= 15 is 0 Å². The van der Waals surface area contributed by atoms with Crippen LogP contribution in [0.1, 0.15) is 28.8 Å². The third kappa shape index (κ3) is 4.16. The van der Waals surface area contributed by atoms with Crippen LogP contribution in [0, 0.1) is 5.82 Å². The molecule has 0 saturated carbocycles. The fourth-order valence-electron chi connectivity index (χ4n) is 3.90. The number of amides is 2. The van der Waals surface area contributed by atoms with Gasteiger partial charge >= 0.3 is 0 Å². The molecule has 0 spiro atoms. The van der Waals surface area contributed by atoms with Crippen LogP contribution in [0.2, 0.25) is 10.0 Å². The van der Waals surface area contributed by atoms with Gasteiger partial charge in [0.2, 0.25) is 5.91 Å². The minimum absolute atomic E-state index is 0.190. The number of hydrogen-bond donors (Lipinski definition) is 2. The first kappa shape index (κ1) is 20.7. The summed E-state index contributed by atoms with van der Waals surface area (Å²) < 4.78 is 13.3. The van der Waals surface area contributed by atoms with Crippen molar-refractivity contribution in [3.05, 3.63) is 69.6 Å². The maximum Gasteiger partial charge on any atom is 0.256 e. The number of aromatic nitrogens is 1. The van der Waals surface area contributed by atoms with E-state index in [-0.39, 0.29) is 17.6 Å². The Bertz CT molecular complexity index is 1110. The number of carbonyl (C=O) groups is 2. The number of carbonyl (C=O) groups excluding carboxylic acids is 2. The zero-order valence-electron chi connectivity index (χ0n) is 16.1. The Morgan fingerprint density at radius 3 is 2.87 bits per heavy atom. The van der Waals surface area contributed by atoms with Crippen molar-refractivity contribution in [1.82, 2.24) is 15.2 Å². The molecule has 5 nitrogen and oxygen atoms in total. The fraction of sp³-hybridized carbons (Fsp3) is 0.273. The van der Waals surface area contributed by atoms with E-state index in [1.807, 2.05) is 6.20 Å². The van der Waals surface area contributed by atoms with Crippen LogP contribution in [0.15, 0.2) is 42.6 Å². The number of nitrogens with one attached hydrogen (secondary N) is 2. The van der Waals surface area contributed by atoms with Crippen LogP contribution in [0.25, 0.3) is 10.9 Å². The van der Waals surface area contributed by atoms with Gasteiger partial charge in [-0.05, 0) is 61.2 Å². The predicted molar refractivity (Wildman–Crippen MR) is 115 cm³/mol. The standard InChI is InChI=1S/C22H20Cl2FN3O2/c23-14-3-6-18(24)17(10-14)22(30)28-9-1-2-20(28)21(29)26-8-7-13-12-27-19-11-15(25)4-5-16(13)19/h3-6,10-12,20,27H,1-2,7-9H2,(H,26,29). The number of halogens is 3. The molecule has 2 amide bonds. The van der Waals surface area contributed by atoms with Gasteiger partial charge in [0.1, 0.15) is 11.9 Å². The molecule has 156 valence electrons. The molecule has 1 unspecified atom stereocenters. The van der Waals surface area contributed by atoms with E-state index in [2.05, 4.69) is 10.3 Å². The first-order valence-electron chi connectivity index (χ1n) is 9.73. The highest BCUT2D eigenvalue weighted by Gasteiger charge is 2.35. The topological polar surface area (TPSA) is 65.2 Å². The van der Waals surface area contributed by atoms with Crippen molar-refractivity contribution in [2.24, 2.45) is 0 Å². The van der Waals surface area contributed by atoms with E-state index in [1.54, 1.807) is 23.1 Å². The van der Waals surface area contributed by atoms with Crippen LogP contribution < -0.4 is 5.32 Å². The minimum Gasteiger partial charge on any atom is -0.361 e. The summed E-state index contributed by atoms with van der Waals surface area (Å²) in [5, 5.41) is 4.58. The van der Waals surface area contributed by atoms with Crippen LogP contribution in [0.4, 0.5) is 4.39 Å². The molecule has 1 saturated heterocycles. The van der Waals surface area contributed by atoms with Crippen LogP contribution in [-0.4, -0.2) is 40.8 Å². The number of fused-ring (bicyclic) bond motifs is 1. The van der Waals surface area contributed by atoms with Crippen molar-refractivity contribution in [3.8, 4) is 0 Å². The quantitative estimate of drug-likeness (QED) is 0.601. The maximum atomic E-state index is 13.3. The van der Waals surface area contributed by atoms with E-state index in [0.29, 0.717) is 41.5 Å². The summed E-state index contributed by atoms with van der Waals surface area (Å²) in [4.78, 5) is 30.3. The monoisotopic (exact) mass is 447 g/mol. The third-order valence-electron chi connectivity index (χ3n) is 5.40.